The fourth-order valence-electron chi connectivity index (χ4n) is 22.4. The molecular weight excluding hydrogens is 1650 g/mol. The van der Waals surface area contributed by atoms with Crippen LogP contribution in [0.3, 0.4) is 0 Å². The maximum Gasteiger partial charge on any atom is 0.338 e. The van der Waals surface area contributed by atoms with E-state index in [1.807, 2.05) is 123 Å². The molecule has 0 aromatic heterocycles. The molecule has 20 nitrogen and oxygen atoms in total. The van der Waals surface area contributed by atoms with Crippen molar-refractivity contribution in [3.63, 3.8) is 0 Å². The van der Waals surface area contributed by atoms with E-state index in [1.165, 1.54) is 19.6 Å². The van der Waals surface area contributed by atoms with E-state index in [0.29, 0.717) is 140 Å². The Morgan fingerprint density at radius 2 is 0.641 bits per heavy atom. The highest BCUT2D eigenvalue weighted by Gasteiger charge is 2.44. The van der Waals surface area contributed by atoms with Gasteiger partial charge in [0, 0.05) is 129 Å². The highest BCUT2D eigenvalue weighted by Crippen LogP contribution is 2.55. The van der Waals surface area contributed by atoms with Crippen LogP contribution in [0.25, 0.3) is 129 Å². The van der Waals surface area contributed by atoms with Gasteiger partial charge in [-0.1, -0.05) is 157 Å². The zero-order chi connectivity index (χ0) is 89.2. The van der Waals surface area contributed by atoms with Crippen LogP contribution in [0.1, 0.15) is 249 Å². The Balaban J connectivity index is 0.564. The predicted octanol–water partition coefficient (Wildman–Crippen LogP) is 23.9. The Morgan fingerprint density at radius 1 is 0.313 bits per heavy atom. The number of rotatable bonds is 25. The number of aldehydes is 1. The van der Waals surface area contributed by atoms with E-state index in [4.69, 9.17) is 23.7 Å². The first-order valence-electron chi connectivity index (χ1n) is 46.2. The number of imide groups is 4. The molecule has 0 unspecified atom stereocenters. The molecule has 2 fully saturated rings. The fourth-order valence-corrected chi connectivity index (χ4v) is 22.4. The SMILES string of the molecule is CCCCOC(=O)c1ccc2c3c(Oc4ccc(CCN5C(=O)c6ccc7c8ccc9c%10c(ccc(c%11ccc(c6c7%11)C5=O)c%108)C(=O)N(C5CCCCC5)C9=O)cc4)cc(C=O)c4c(OCCCC)ccc(c5c(Oc6ccc(CCN7C(=O)c8ccc9c%10ccc%11c%12c(ccc(c%13ccc(c8c9%13)C7=O)c%12%10)C(=O)N(C7CCCCC7)C%11=O)cc6)cc(C(=O)OCCCC)c1c25)c43. The largest absolute Gasteiger partial charge is 0.493 e. The summed E-state index contributed by atoms with van der Waals surface area (Å²) in [5, 5.41) is 15.8. The van der Waals surface area contributed by atoms with Crippen molar-refractivity contribution in [1.29, 1.82) is 0 Å². The van der Waals surface area contributed by atoms with Gasteiger partial charge in [-0.3, -0.25) is 62.8 Å². The van der Waals surface area contributed by atoms with Crippen molar-refractivity contribution in [1.82, 2.24) is 19.6 Å². The second-order valence-corrected chi connectivity index (χ2v) is 36.1. The minimum atomic E-state index is -0.712. The molecule has 20 heteroatoms. The summed E-state index contributed by atoms with van der Waals surface area (Å²) in [6.07, 6.45) is 14.7. The lowest BCUT2D eigenvalue weighted by molar-refractivity contribution is 0.0485. The van der Waals surface area contributed by atoms with E-state index in [9.17, 15) is 47.9 Å². The molecule has 23 rings (SSSR count). The summed E-state index contributed by atoms with van der Waals surface area (Å²) in [7, 11) is 0. The monoisotopic (exact) mass is 1730 g/mol. The number of carbonyl (C=O) groups is 11. The number of nitrogens with zero attached hydrogens (tertiary/aromatic N) is 4. The number of unbranched alkanes of at least 4 members (excludes halogenated alkanes) is 3. The number of benzene rings is 17. The van der Waals surface area contributed by atoms with Crippen LogP contribution < -0.4 is 14.2 Å². The zero-order valence-corrected chi connectivity index (χ0v) is 72.6. The number of hydrogen-bond acceptors (Lipinski definition) is 16. The molecule has 2 saturated carbocycles. The molecule has 2 aliphatic carbocycles. The second-order valence-electron chi connectivity index (χ2n) is 36.1. The first-order chi connectivity index (χ1) is 64.0. The summed E-state index contributed by atoms with van der Waals surface area (Å²) >= 11 is 0. The van der Waals surface area contributed by atoms with Crippen molar-refractivity contribution >= 4 is 195 Å². The van der Waals surface area contributed by atoms with Gasteiger partial charge in [0.25, 0.3) is 47.3 Å². The highest BCUT2D eigenvalue weighted by atomic mass is 16.5. The Kier molecular flexibility index (Phi) is 19.5. The Hall–Kier alpha value is -14.8. The van der Waals surface area contributed by atoms with Gasteiger partial charge in [-0.25, -0.2) is 9.59 Å². The number of ether oxygens (including phenoxy) is 5. The quantitative estimate of drug-likeness (QED) is 0.0129. The molecule has 648 valence electrons. The maximum atomic E-state index is 15.2. The lowest BCUT2D eigenvalue weighted by Crippen LogP contribution is -2.47. The molecule has 4 aliphatic heterocycles. The third-order valence-electron chi connectivity index (χ3n) is 28.7. The van der Waals surface area contributed by atoms with Gasteiger partial charge in [-0.15, -0.1) is 0 Å². The summed E-state index contributed by atoms with van der Waals surface area (Å²) in [6, 6.07) is 54.5. The zero-order valence-electron chi connectivity index (χ0n) is 72.6. The molecule has 0 saturated heterocycles. The van der Waals surface area contributed by atoms with Crippen molar-refractivity contribution in [2.75, 3.05) is 32.9 Å². The van der Waals surface area contributed by atoms with Crippen LogP contribution in [-0.4, -0.2) is 130 Å². The van der Waals surface area contributed by atoms with E-state index in [1.54, 1.807) is 72.8 Å². The second kappa shape index (κ2) is 31.6. The van der Waals surface area contributed by atoms with Crippen LogP contribution in [0.2, 0.25) is 0 Å². The van der Waals surface area contributed by atoms with E-state index in [-0.39, 0.29) is 108 Å². The van der Waals surface area contributed by atoms with Gasteiger partial charge >= 0.3 is 11.9 Å². The number of hydrogen-bond donors (Lipinski definition) is 0. The van der Waals surface area contributed by atoms with E-state index in [2.05, 4.69) is 6.92 Å². The average molecular weight is 1730 g/mol. The number of fused-ring (bicyclic) bond motifs is 6. The van der Waals surface area contributed by atoms with Gasteiger partial charge < -0.3 is 23.7 Å². The van der Waals surface area contributed by atoms with Crippen LogP contribution >= 0.6 is 0 Å². The van der Waals surface area contributed by atoms with Gasteiger partial charge in [0.15, 0.2) is 6.29 Å². The first-order valence-corrected chi connectivity index (χ1v) is 46.2. The summed E-state index contributed by atoms with van der Waals surface area (Å²) in [6.45, 7) is 6.65. The van der Waals surface area contributed by atoms with Gasteiger partial charge in [0.05, 0.1) is 30.9 Å². The van der Waals surface area contributed by atoms with E-state index in [0.717, 1.165) is 172 Å². The van der Waals surface area contributed by atoms with Crippen LogP contribution in [0.5, 0.6) is 28.7 Å². The van der Waals surface area contributed by atoms with Crippen LogP contribution in [0, 0.1) is 0 Å². The van der Waals surface area contributed by atoms with Crippen molar-refractivity contribution in [3.05, 3.63) is 254 Å². The topological polar surface area (TPSA) is 247 Å². The molecule has 4 heterocycles. The van der Waals surface area contributed by atoms with Crippen molar-refractivity contribution < 1.29 is 76.4 Å². The maximum absolute atomic E-state index is 15.2. The fraction of sp³-hybridized carbons (Fsp3) is 0.252. The number of amides is 8. The highest BCUT2D eigenvalue weighted by molar-refractivity contribution is 6.45. The summed E-state index contributed by atoms with van der Waals surface area (Å²) in [5.74, 6) is -2.59. The molecule has 0 N–H and O–H groups in total. The summed E-state index contributed by atoms with van der Waals surface area (Å²) in [4.78, 5) is 167. The van der Waals surface area contributed by atoms with Gasteiger partial charge in [-0.2, -0.15) is 0 Å². The minimum Gasteiger partial charge on any atom is -0.493 e. The first kappa shape index (κ1) is 80.8. The number of esters is 2. The van der Waals surface area contributed by atoms with Crippen LogP contribution in [-0.2, 0) is 22.3 Å². The summed E-state index contributed by atoms with van der Waals surface area (Å²) in [5.41, 5.74) is 5.48. The van der Waals surface area contributed by atoms with E-state index < -0.39 is 35.6 Å². The smallest absolute Gasteiger partial charge is 0.338 e. The Bertz CT molecular complexity index is 7690. The number of carbonyl (C=O) groups excluding carboxylic acids is 11. The molecule has 0 bridgehead atoms. The normalized spacial score (nSPS) is 15.6. The molecule has 6 aliphatic rings. The summed E-state index contributed by atoms with van der Waals surface area (Å²) < 4.78 is 32.9. The molecule has 0 atom stereocenters. The van der Waals surface area contributed by atoms with Crippen molar-refractivity contribution in [2.45, 2.75) is 148 Å². The molecule has 17 aromatic rings. The molecule has 17 aromatic carbocycles. The van der Waals surface area contributed by atoms with Gasteiger partial charge in [-0.05, 0) is 247 Å². The molecule has 0 spiro atoms. The molecule has 131 heavy (non-hydrogen) atoms. The van der Waals surface area contributed by atoms with Crippen molar-refractivity contribution in [3.8, 4) is 28.7 Å². The van der Waals surface area contributed by atoms with Crippen molar-refractivity contribution in [2.24, 2.45) is 0 Å². The standard InChI is InChI=1S/C111H88N4O16/c1-4-7-52-127-85-47-46-74-99-87(131-64-26-22-59(23-27-64)49-51-113-104(119)77-39-30-67-71-34-43-81-96-82(109(124)115(108(81)123)62-18-14-11-15-19-62)44-35-72(92(71)96)68-31-40-78(105(113)120)94(77)90(67)68)56-84(111(126)129-54-9-6-3)97-83(110(125)128-53-8-5-2)45-36-73(101(97)99)98-86(55-60(57-116)88(85)100(74)98)130-63-24-20-58(21-25-63)48-50-112-102(117)75-37-28-65-69-32-41-79-95-80(107(122)114(106(79)121)61-16-12-10-13-17-61)42-33-70(91(69)95)66-29-38-76(103(112)118)93(75)89(65)66/h20-47,55-57,61-62H,4-19,48-54H2,1-3H3. The Labute approximate surface area is 750 Å². The van der Waals surface area contributed by atoms with Gasteiger partial charge in [0.2, 0.25) is 0 Å². The minimum absolute atomic E-state index is 0.0302. The predicted molar refractivity (Wildman–Crippen MR) is 505 cm³/mol. The lowest BCUT2D eigenvalue weighted by atomic mass is 9.81. The third kappa shape index (κ3) is 12.3. The molecule has 0 radical (unpaired) electrons. The van der Waals surface area contributed by atoms with E-state index >= 15 is 4.79 Å². The molecular formula is C111H88N4O16. The Morgan fingerprint density at radius 3 is 1.01 bits per heavy atom. The van der Waals surface area contributed by atoms with Gasteiger partial charge in [0.1, 0.15) is 28.7 Å². The third-order valence-corrected chi connectivity index (χ3v) is 28.7. The molecule has 8 amide bonds. The van der Waals surface area contributed by atoms with Crippen LogP contribution in [0.15, 0.2) is 182 Å². The lowest BCUT2D eigenvalue weighted by Gasteiger charge is -2.36. The average Bonchev–Trinajstić information content (AvgIpc) is 0.691. The van der Waals surface area contributed by atoms with Crippen LogP contribution in [0.4, 0.5) is 0 Å².